The Labute approximate surface area is 341 Å². The van der Waals surface area contributed by atoms with Gasteiger partial charge in [0.15, 0.2) is 6.10 Å². The fourth-order valence-corrected chi connectivity index (χ4v) is 6.77. The van der Waals surface area contributed by atoms with Crippen LogP contribution < -0.4 is 0 Å². The molecule has 0 saturated carbocycles. The summed E-state index contributed by atoms with van der Waals surface area (Å²) in [5, 5.41) is 0. The fraction of sp³-hybridized carbons (Fsp3) is 0.857. The number of carbonyl (C=O) groups is 3. The first kappa shape index (κ1) is 52.9. The second-order valence-corrected chi connectivity index (χ2v) is 16.0. The Morgan fingerprint density at radius 3 is 0.982 bits per heavy atom. The van der Waals surface area contributed by atoms with Gasteiger partial charge in [-0.1, -0.05) is 193 Å². The van der Waals surface area contributed by atoms with Crippen molar-refractivity contribution in [3.8, 4) is 0 Å². The van der Waals surface area contributed by atoms with Gasteiger partial charge in [0, 0.05) is 19.3 Å². The van der Waals surface area contributed by atoms with Gasteiger partial charge in [0.2, 0.25) is 0 Å². The molecule has 0 aliphatic rings. The Morgan fingerprint density at radius 2 is 0.618 bits per heavy atom. The van der Waals surface area contributed by atoms with Crippen LogP contribution in [-0.4, -0.2) is 37.2 Å². The molecule has 6 heteroatoms. The zero-order chi connectivity index (χ0) is 40.1. The molecule has 0 aliphatic carbocycles. The van der Waals surface area contributed by atoms with Crippen LogP contribution >= 0.6 is 0 Å². The minimum Gasteiger partial charge on any atom is -0.462 e. The number of unbranched alkanes of at least 4 members (excludes halogenated alkanes) is 28. The maximum Gasteiger partial charge on any atom is 0.306 e. The maximum atomic E-state index is 12.7. The summed E-state index contributed by atoms with van der Waals surface area (Å²) in [6.07, 6.45) is 48.7. The Balaban J connectivity index is 4.36. The number of ether oxygens (including phenoxy) is 3. The molecule has 0 rings (SSSR count). The largest absolute Gasteiger partial charge is 0.462 e. The number of allylic oxidation sites excluding steroid dienone is 4. The van der Waals surface area contributed by atoms with Crippen molar-refractivity contribution < 1.29 is 28.6 Å². The number of carbonyl (C=O) groups excluding carboxylic acids is 3. The highest BCUT2D eigenvalue weighted by Crippen LogP contribution is 2.15. The van der Waals surface area contributed by atoms with Gasteiger partial charge in [0.1, 0.15) is 13.2 Å². The van der Waals surface area contributed by atoms with Crippen molar-refractivity contribution in [2.75, 3.05) is 13.2 Å². The van der Waals surface area contributed by atoms with E-state index < -0.39 is 6.10 Å². The van der Waals surface area contributed by atoms with E-state index in [9.17, 15) is 14.4 Å². The molecule has 0 fully saturated rings. The number of rotatable bonds is 43. The second-order valence-electron chi connectivity index (χ2n) is 16.0. The standard InChI is InChI=1S/C49H90O6/c1-4-7-10-13-16-19-22-24-27-29-32-35-38-41-47(50)53-44-46(55-49(52)43-40-37-34-31-26-21-18-15-12-9-6-3)45-54-48(51)42-39-36-33-30-28-25-23-20-17-14-11-8-5-2/h15,18-19,22,46H,4-14,16-17,20-21,23-45H2,1-3H3/b18-15-,22-19-/t46-/m1/s1. The zero-order valence-electron chi connectivity index (χ0n) is 36.7. The van der Waals surface area contributed by atoms with Crippen LogP contribution in [-0.2, 0) is 28.6 Å². The molecular weight excluding hydrogens is 685 g/mol. The van der Waals surface area contributed by atoms with Gasteiger partial charge in [-0.2, -0.15) is 0 Å². The molecule has 0 aromatic rings. The van der Waals surface area contributed by atoms with E-state index in [0.717, 1.165) is 77.0 Å². The second kappa shape index (κ2) is 44.6. The van der Waals surface area contributed by atoms with Crippen LogP contribution in [0, 0.1) is 0 Å². The molecule has 0 heterocycles. The molecule has 0 bridgehead atoms. The van der Waals surface area contributed by atoms with Crippen molar-refractivity contribution in [1.29, 1.82) is 0 Å². The lowest BCUT2D eigenvalue weighted by Crippen LogP contribution is -2.30. The van der Waals surface area contributed by atoms with Crippen LogP contribution in [0.4, 0.5) is 0 Å². The van der Waals surface area contributed by atoms with Gasteiger partial charge in [-0.25, -0.2) is 0 Å². The van der Waals surface area contributed by atoms with Crippen molar-refractivity contribution in [3.05, 3.63) is 24.3 Å². The summed E-state index contributed by atoms with van der Waals surface area (Å²) in [4.78, 5) is 37.8. The van der Waals surface area contributed by atoms with Crippen LogP contribution in [0.3, 0.4) is 0 Å². The molecule has 0 aromatic carbocycles. The van der Waals surface area contributed by atoms with Crippen molar-refractivity contribution in [2.24, 2.45) is 0 Å². The minimum absolute atomic E-state index is 0.0741. The Morgan fingerprint density at radius 1 is 0.345 bits per heavy atom. The molecule has 6 nitrogen and oxygen atoms in total. The minimum atomic E-state index is -0.772. The molecule has 0 saturated heterocycles. The average molecular weight is 775 g/mol. The molecule has 0 radical (unpaired) electrons. The van der Waals surface area contributed by atoms with Crippen molar-refractivity contribution in [1.82, 2.24) is 0 Å². The SMILES string of the molecule is CCCC/C=C\CCCCCCCC(=O)O[C@H](COC(=O)CCCCCCC/C=C\CCCCCC)COC(=O)CCCCCCCCCCCCCCC. The van der Waals surface area contributed by atoms with Gasteiger partial charge in [0.05, 0.1) is 0 Å². The molecule has 0 N–H and O–H groups in total. The molecule has 55 heavy (non-hydrogen) atoms. The molecule has 0 unspecified atom stereocenters. The number of hydrogen-bond acceptors (Lipinski definition) is 6. The van der Waals surface area contributed by atoms with E-state index in [-0.39, 0.29) is 31.1 Å². The molecule has 0 spiro atoms. The quantitative estimate of drug-likeness (QED) is 0.0266. The van der Waals surface area contributed by atoms with Gasteiger partial charge in [-0.15, -0.1) is 0 Å². The summed E-state index contributed by atoms with van der Waals surface area (Å²) in [6.45, 7) is 6.58. The highest BCUT2D eigenvalue weighted by molar-refractivity contribution is 5.71. The van der Waals surface area contributed by atoms with Gasteiger partial charge >= 0.3 is 17.9 Å². The summed E-state index contributed by atoms with van der Waals surface area (Å²) < 4.78 is 16.7. The van der Waals surface area contributed by atoms with Gasteiger partial charge in [-0.05, 0) is 64.2 Å². The third-order valence-electron chi connectivity index (χ3n) is 10.4. The summed E-state index contributed by atoms with van der Waals surface area (Å²) in [5.41, 5.74) is 0. The fourth-order valence-electron chi connectivity index (χ4n) is 6.77. The van der Waals surface area contributed by atoms with E-state index in [0.29, 0.717) is 19.3 Å². The third kappa shape index (κ3) is 42.9. The van der Waals surface area contributed by atoms with E-state index in [4.69, 9.17) is 14.2 Å². The highest BCUT2D eigenvalue weighted by Gasteiger charge is 2.19. The number of hydrogen-bond donors (Lipinski definition) is 0. The normalized spacial score (nSPS) is 12.1. The molecular formula is C49H90O6. The maximum absolute atomic E-state index is 12.7. The Kier molecular flexibility index (Phi) is 42.9. The van der Waals surface area contributed by atoms with Crippen LogP contribution in [0.1, 0.15) is 252 Å². The van der Waals surface area contributed by atoms with Crippen LogP contribution in [0.2, 0.25) is 0 Å². The van der Waals surface area contributed by atoms with Crippen LogP contribution in [0.25, 0.3) is 0 Å². The van der Waals surface area contributed by atoms with Crippen LogP contribution in [0.15, 0.2) is 24.3 Å². The van der Waals surface area contributed by atoms with Gasteiger partial charge < -0.3 is 14.2 Å². The molecule has 1 atom stereocenters. The van der Waals surface area contributed by atoms with E-state index in [1.807, 2.05) is 0 Å². The van der Waals surface area contributed by atoms with Crippen molar-refractivity contribution >= 4 is 17.9 Å². The predicted octanol–water partition coefficient (Wildman–Crippen LogP) is 15.2. The molecule has 322 valence electrons. The van der Waals surface area contributed by atoms with Gasteiger partial charge in [0.25, 0.3) is 0 Å². The summed E-state index contributed by atoms with van der Waals surface area (Å²) >= 11 is 0. The molecule has 0 aromatic heterocycles. The monoisotopic (exact) mass is 775 g/mol. The van der Waals surface area contributed by atoms with E-state index in [1.165, 1.54) is 135 Å². The Bertz CT molecular complexity index is 896. The molecule has 0 aliphatic heterocycles. The topological polar surface area (TPSA) is 78.9 Å². The first-order chi connectivity index (χ1) is 27.0. The van der Waals surface area contributed by atoms with Crippen LogP contribution in [0.5, 0.6) is 0 Å². The molecule has 0 amide bonds. The lowest BCUT2D eigenvalue weighted by molar-refractivity contribution is -0.167. The lowest BCUT2D eigenvalue weighted by Gasteiger charge is -2.18. The summed E-state index contributed by atoms with van der Waals surface area (Å²) in [5.74, 6) is -0.887. The van der Waals surface area contributed by atoms with E-state index in [1.54, 1.807) is 0 Å². The third-order valence-corrected chi connectivity index (χ3v) is 10.4. The summed E-state index contributed by atoms with van der Waals surface area (Å²) in [7, 11) is 0. The first-order valence-corrected chi connectivity index (χ1v) is 23.8. The lowest BCUT2D eigenvalue weighted by atomic mass is 10.0. The van der Waals surface area contributed by atoms with E-state index in [2.05, 4.69) is 45.1 Å². The van der Waals surface area contributed by atoms with Crippen molar-refractivity contribution in [3.63, 3.8) is 0 Å². The first-order valence-electron chi connectivity index (χ1n) is 23.8. The number of esters is 3. The van der Waals surface area contributed by atoms with E-state index >= 15 is 0 Å². The van der Waals surface area contributed by atoms with Gasteiger partial charge in [-0.3, -0.25) is 14.4 Å². The average Bonchev–Trinajstić information content (AvgIpc) is 3.18. The highest BCUT2D eigenvalue weighted by atomic mass is 16.6. The van der Waals surface area contributed by atoms with Crippen molar-refractivity contribution in [2.45, 2.75) is 258 Å². The predicted molar refractivity (Wildman–Crippen MR) is 233 cm³/mol. The Hall–Kier alpha value is -2.11. The zero-order valence-corrected chi connectivity index (χ0v) is 36.7. The summed E-state index contributed by atoms with van der Waals surface area (Å²) in [6, 6.07) is 0. The smallest absolute Gasteiger partial charge is 0.306 e.